The topological polar surface area (TPSA) is 75.4 Å². The van der Waals surface area contributed by atoms with Crippen LogP contribution >= 0.6 is 0 Å². The molecule has 0 bridgehead atoms. The van der Waals surface area contributed by atoms with Crippen LogP contribution in [0.25, 0.3) is 0 Å². The van der Waals surface area contributed by atoms with E-state index >= 15 is 0 Å². The molecule has 0 aromatic rings. The van der Waals surface area contributed by atoms with Gasteiger partial charge in [-0.25, -0.2) is 0 Å². The van der Waals surface area contributed by atoms with Crippen LogP contribution in [-0.2, 0) is 10.2 Å². The summed E-state index contributed by atoms with van der Waals surface area (Å²) in [6.45, 7) is 5.84. The Morgan fingerprint density at radius 2 is 2.16 bits per heavy atom. The van der Waals surface area contributed by atoms with E-state index < -0.39 is 10.2 Å². The minimum absolute atomic E-state index is 0.00908. The molecule has 19 heavy (non-hydrogen) atoms. The Hall–Kier alpha value is -0.170. The molecule has 1 saturated heterocycles. The third-order valence-electron chi connectivity index (χ3n) is 3.75. The van der Waals surface area contributed by atoms with E-state index in [4.69, 9.17) is 5.73 Å². The molecule has 2 unspecified atom stereocenters. The molecule has 2 atom stereocenters. The zero-order valence-corrected chi connectivity index (χ0v) is 13.1. The highest BCUT2D eigenvalue weighted by molar-refractivity contribution is 7.87. The Morgan fingerprint density at radius 3 is 2.79 bits per heavy atom. The summed E-state index contributed by atoms with van der Waals surface area (Å²) in [5.74, 6) is 0.306. The highest BCUT2D eigenvalue weighted by Gasteiger charge is 2.28. The minimum Gasteiger partial charge on any atom is -0.330 e. The summed E-state index contributed by atoms with van der Waals surface area (Å²) >= 11 is 0. The lowest BCUT2D eigenvalue weighted by Gasteiger charge is -2.32. The summed E-state index contributed by atoms with van der Waals surface area (Å²) in [5.41, 5.74) is 5.65. The van der Waals surface area contributed by atoms with Gasteiger partial charge in [0.05, 0.1) is 0 Å². The summed E-state index contributed by atoms with van der Waals surface area (Å²) in [6.07, 6.45) is 6.24. The highest BCUT2D eigenvalue weighted by atomic mass is 32.2. The second kappa shape index (κ2) is 8.19. The Balaban J connectivity index is 2.45. The maximum atomic E-state index is 12.3. The summed E-state index contributed by atoms with van der Waals surface area (Å²) in [7, 11) is -3.33. The van der Waals surface area contributed by atoms with Gasteiger partial charge >= 0.3 is 0 Å². The molecule has 0 amide bonds. The second-order valence-corrected chi connectivity index (χ2v) is 7.32. The molecule has 0 radical (unpaired) electrons. The molecule has 1 heterocycles. The number of nitrogens with one attached hydrogen (secondary N) is 1. The summed E-state index contributed by atoms with van der Waals surface area (Å²) in [5, 5.41) is 0. The molecular weight excluding hydrogens is 262 g/mol. The van der Waals surface area contributed by atoms with Crippen LogP contribution in [0.15, 0.2) is 0 Å². The Kier molecular flexibility index (Phi) is 7.28. The van der Waals surface area contributed by atoms with Crippen LogP contribution in [-0.4, -0.2) is 38.4 Å². The van der Waals surface area contributed by atoms with Crippen molar-refractivity contribution in [2.45, 2.75) is 58.4 Å². The lowest BCUT2D eigenvalue weighted by molar-refractivity contribution is 0.267. The van der Waals surface area contributed by atoms with Crippen LogP contribution in [0, 0.1) is 5.92 Å². The van der Waals surface area contributed by atoms with E-state index in [0.29, 0.717) is 25.6 Å². The first kappa shape index (κ1) is 16.9. The van der Waals surface area contributed by atoms with Gasteiger partial charge in [0.15, 0.2) is 0 Å². The average Bonchev–Trinajstić information content (AvgIpc) is 2.38. The first-order valence-electron chi connectivity index (χ1n) is 7.47. The van der Waals surface area contributed by atoms with Crippen molar-refractivity contribution in [1.29, 1.82) is 0 Å². The van der Waals surface area contributed by atoms with Crippen molar-refractivity contribution in [3.05, 3.63) is 0 Å². The standard InChI is InChI=1S/C13H29N3O2S/c1-3-4-5-7-12(2)15-19(17,18)16-9-6-8-13(10-14)11-16/h12-13,15H,3-11,14H2,1-2H3. The number of nitrogens with zero attached hydrogens (tertiary/aromatic N) is 1. The van der Waals surface area contributed by atoms with Crippen molar-refractivity contribution in [3.63, 3.8) is 0 Å². The van der Waals surface area contributed by atoms with Crippen LogP contribution in [0.1, 0.15) is 52.4 Å². The number of rotatable bonds is 8. The van der Waals surface area contributed by atoms with E-state index in [2.05, 4.69) is 11.6 Å². The van der Waals surface area contributed by atoms with Gasteiger partial charge in [0.1, 0.15) is 0 Å². The molecule has 3 N–H and O–H groups in total. The average molecular weight is 291 g/mol. The summed E-state index contributed by atoms with van der Waals surface area (Å²) in [4.78, 5) is 0. The molecule has 5 nitrogen and oxygen atoms in total. The molecule has 1 fully saturated rings. The van der Waals surface area contributed by atoms with Crippen molar-refractivity contribution in [1.82, 2.24) is 9.03 Å². The number of nitrogens with two attached hydrogens (primary N) is 1. The predicted octanol–water partition coefficient (Wildman–Crippen LogP) is 1.46. The third-order valence-corrected chi connectivity index (χ3v) is 5.46. The van der Waals surface area contributed by atoms with Crippen LogP contribution in [0.2, 0.25) is 0 Å². The van der Waals surface area contributed by atoms with Crippen LogP contribution in [0.5, 0.6) is 0 Å². The van der Waals surface area contributed by atoms with E-state index in [1.54, 1.807) is 4.31 Å². The second-order valence-electron chi connectivity index (χ2n) is 5.62. The number of hydrogen-bond donors (Lipinski definition) is 2. The maximum Gasteiger partial charge on any atom is 0.279 e. The molecule has 0 aromatic carbocycles. The van der Waals surface area contributed by atoms with Crippen LogP contribution in [0.3, 0.4) is 0 Å². The number of hydrogen-bond acceptors (Lipinski definition) is 3. The lowest BCUT2D eigenvalue weighted by atomic mass is 10.0. The zero-order valence-electron chi connectivity index (χ0n) is 12.3. The molecule has 0 aromatic heterocycles. The number of piperidine rings is 1. The van der Waals surface area contributed by atoms with Gasteiger partial charge in [-0.05, 0) is 38.6 Å². The SMILES string of the molecule is CCCCCC(C)NS(=O)(=O)N1CCCC(CN)C1. The van der Waals surface area contributed by atoms with Crippen molar-refractivity contribution in [3.8, 4) is 0 Å². The summed E-state index contributed by atoms with van der Waals surface area (Å²) in [6, 6.07) is 0.00908. The fraction of sp³-hybridized carbons (Fsp3) is 1.00. The fourth-order valence-corrected chi connectivity index (χ4v) is 4.08. The molecule has 1 rings (SSSR count). The largest absolute Gasteiger partial charge is 0.330 e. The van der Waals surface area contributed by atoms with Gasteiger partial charge in [-0.2, -0.15) is 17.4 Å². The smallest absolute Gasteiger partial charge is 0.279 e. The Bertz CT molecular complexity index is 346. The fourth-order valence-electron chi connectivity index (χ4n) is 2.53. The molecule has 1 aliphatic heterocycles. The van der Waals surface area contributed by atoms with Crippen LogP contribution < -0.4 is 10.5 Å². The van der Waals surface area contributed by atoms with E-state index in [1.165, 1.54) is 0 Å². The molecule has 0 aliphatic carbocycles. The van der Waals surface area contributed by atoms with E-state index in [-0.39, 0.29) is 6.04 Å². The predicted molar refractivity (Wildman–Crippen MR) is 79.0 cm³/mol. The van der Waals surface area contributed by atoms with Crippen LogP contribution in [0.4, 0.5) is 0 Å². The van der Waals surface area contributed by atoms with Gasteiger partial charge in [0, 0.05) is 19.1 Å². The monoisotopic (exact) mass is 291 g/mol. The van der Waals surface area contributed by atoms with Crippen molar-refractivity contribution < 1.29 is 8.42 Å². The van der Waals surface area contributed by atoms with Gasteiger partial charge in [0.2, 0.25) is 0 Å². The first-order chi connectivity index (χ1) is 8.99. The Labute approximate surface area is 118 Å². The van der Waals surface area contributed by atoms with Crippen molar-refractivity contribution >= 4 is 10.2 Å². The van der Waals surface area contributed by atoms with Gasteiger partial charge in [0.25, 0.3) is 10.2 Å². The normalized spacial score (nSPS) is 23.4. The first-order valence-corrected chi connectivity index (χ1v) is 8.91. The Morgan fingerprint density at radius 1 is 1.42 bits per heavy atom. The quantitative estimate of drug-likeness (QED) is 0.665. The maximum absolute atomic E-state index is 12.3. The van der Waals surface area contributed by atoms with Gasteiger partial charge in [-0.15, -0.1) is 0 Å². The molecule has 1 aliphatic rings. The zero-order chi connectivity index (χ0) is 14.3. The molecule has 0 saturated carbocycles. The van der Waals surface area contributed by atoms with E-state index in [9.17, 15) is 8.42 Å². The van der Waals surface area contributed by atoms with E-state index in [0.717, 1.165) is 38.5 Å². The van der Waals surface area contributed by atoms with Gasteiger partial charge < -0.3 is 5.73 Å². The molecule has 0 spiro atoms. The van der Waals surface area contributed by atoms with Crippen molar-refractivity contribution in [2.24, 2.45) is 11.7 Å². The minimum atomic E-state index is -3.33. The van der Waals surface area contributed by atoms with Gasteiger partial charge in [-0.1, -0.05) is 26.2 Å². The molecular formula is C13H29N3O2S. The third kappa shape index (κ3) is 5.77. The molecule has 114 valence electrons. The van der Waals surface area contributed by atoms with Gasteiger partial charge in [-0.3, -0.25) is 0 Å². The van der Waals surface area contributed by atoms with Crippen molar-refractivity contribution in [2.75, 3.05) is 19.6 Å². The highest BCUT2D eigenvalue weighted by Crippen LogP contribution is 2.18. The number of unbranched alkanes of at least 4 members (excludes halogenated alkanes) is 2. The van der Waals surface area contributed by atoms with E-state index in [1.807, 2.05) is 6.92 Å². The lowest BCUT2D eigenvalue weighted by Crippen LogP contribution is -2.49. The summed E-state index contributed by atoms with van der Waals surface area (Å²) < 4.78 is 28.9. The molecule has 6 heteroatoms.